The second-order valence-corrected chi connectivity index (χ2v) is 7.55. The van der Waals surface area contributed by atoms with Gasteiger partial charge in [-0.2, -0.15) is 0 Å². The maximum absolute atomic E-state index is 6.16. The van der Waals surface area contributed by atoms with Crippen LogP contribution in [0.5, 0.6) is 0 Å². The van der Waals surface area contributed by atoms with E-state index in [4.69, 9.17) is 10.2 Å². The summed E-state index contributed by atoms with van der Waals surface area (Å²) in [6, 6.07) is 12.9. The first-order chi connectivity index (χ1) is 13.2. The van der Waals surface area contributed by atoms with Crippen LogP contribution in [-0.2, 0) is 19.6 Å². The molecule has 2 aromatic rings. The molecule has 0 unspecified atom stereocenters. The molecule has 0 spiro atoms. The van der Waals surface area contributed by atoms with Gasteiger partial charge in [-0.3, -0.25) is 4.90 Å². The van der Waals surface area contributed by atoms with Gasteiger partial charge in [-0.25, -0.2) is 4.99 Å². The molecule has 0 radical (unpaired) electrons. The first kappa shape index (κ1) is 19.5. The highest BCUT2D eigenvalue weighted by Crippen LogP contribution is 2.17. The van der Waals surface area contributed by atoms with Crippen LogP contribution >= 0.6 is 0 Å². The monoisotopic (exact) mass is 368 g/mol. The molecule has 0 bridgehead atoms. The second-order valence-electron chi connectivity index (χ2n) is 7.55. The molecule has 5 nitrogen and oxygen atoms in total. The van der Waals surface area contributed by atoms with Crippen molar-refractivity contribution in [3.63, 3.8) is 0 Å². The molecule has 0 aliphatic heterocycles. The summed E-state index contributed by atoms with van der Waals surface area (Å²) in [6.07, 6.45) is 9.37. The van der Waals surface area contributed by atoms with Crippen molar-refractivity contribution in [3.05, 3.63) is 59.5 Å². The van der Waals surface area contributed by atoms with Crippen molar-refractivity contribution in [1.82, 2.24) is 10.2 Å². The topological polar surface area (TPSA) is 66.8 Å². The third-order valence-corrected chi connectivity index (χ3v) is 5.19. The molecule has 0 amide bonds. The van der Waals surface area contributed by atoms with Crippen molar-refractivity contribution < 1.29 is 4.42 Å². The lowest BCUT2D eigenvalue weighted by Crippen LogP contribution is -2.39. The third-order valence-electron chi connectivity index (χ3n) is 5.19. The Morgan fingerprint density at radius 3 is 2.52 bits per heavy atom. The van der Waals surface area contributed by atoms with E-state index in [1.165, 1.54) is 49.7 Å². The molecule has 1 saturated carbocycles. The van der Waals surface area contributed by atoms with E-state index in [1.807, 2.05) is 12.1 Å². The highest BCUT2D eigenvalue weighted by Gasteiger charge is 2.12. The van der Waals surface area contributed by atoms with Gasteiger partial charge in [0.05, 0.1) is 19.4 Å². The molecular weight excluding hydrogens is 336 g/mol. The van der Waals surface area contributed by atoms with E-state index in [2.05, 4.69) is 46.5 Å². The Balaban J connectivity index is 1.56. The number of guanidine groups is 1. The third kappa shape index (κ3) is 6.43. The normalized spacial score (nSPS) is 16.4. The van der Waals surface area contributed by atoms with Crippen LogP contribution in [0.4, 0.5) is 0 Å². The largest absolute Gasteiger partial charge is 0.468 e. The number of hydrogen-bond acceptors (Lipinski definition) is 3. The van der Waals surface area contributed by atoms with Gasteiger partial charge in [-0.15, -0.1) is 0 Å². The Morgan fingerprint density at radius 2 is 1.81 bits per heavy atom. The van der Waals surface area contributed by atoms with Gasteiger partial charge < -0.3 is 15.5 Å². The zero-order valence-electron chi connectivity index (χ0n) is 16.4. The molecule has 146 valence electrons. The average Bonchev–Trinajstić information content (AvgIpc) is 3.03. The van der Waals surface area contributed by atoms with Crippen molar-refractivity contribution in [2.45, 2.75) is 64.2 Å². The molecule has 0 saturated heterocycles. The minimum atomic E-state index is 0.478. The van der Waals surface area contributed by atoms with Crippen molar-refractivity contribution >= 4 is 5.96 Å². The van der Waals surface area contributed by atoms with Gasteiger partial charge in [0.2, 0.25) is 0 Å². The number of nitrogens with one attached hydrogen (secondary N) is 1. The summed E-state index contributed by atoms with van der Waals surface area (Å²) >= 11 is 0. The lowest BCUT2D eigenvalue weighted by atomic mass is 10.1. The number of furan rings is 1. The zero-order valence-corrected chi connectivity index (χ0v) is 16.4. The van der Waals surface area contributed by atoms with Gasteiger partial charge in [0.1, 0.15) is 5.76 Å². The SMILES string of the molecule is CN(Cc1ccco1)Cc1ccccc1CN=C(N)NC1CCCCCC1. The molecule has 3 rings (SSSR count). The predicted octanol–water partition coefficient (Wildman–Crippen LogP) is 4.04. The maximum Gasteiger partial charge on any atom is 0.189 e. The van der Waals surface area contributed by atoms with E-state index in [0.29, 0.717) is 18.5 Å². The Morgan fingerprint density at radius 1 is 1.07 bits per heavy atom. The van der Waals surface area contributed by atoms with Crippen LogP contribution in [0.25, 0.3) is 0 Å². The van der Waals surface area contributed by atoms with Crippen molar-refractivity contribution in [3.8, 4) is 0 Å². The average molecular weight is 369 g/mol. The molecule has 5 heteroatoms. The number of aliphatic imine (C=N–C) groups is 1. The van der Waals surface area contributed by atoms with Crippen LogP contribution in [0.15, 0.2) is 52.1 Å². The second kappa shape index (κ2) is 10.2. The molecule has 1 aliphatic rings. The fraction of sp³-hybridized carbons (Fsp3) is 0.500. The van der Waals surface area contributed by atoms with Crippen molar-refractivity contribution in [1.29, 1.82) is 0 Å². The quantitative estimate of drug-likeness (QED) is 0.440. The molecule has 1 aromatic heterocycles. The van der Waals surface area contributed by atoms with E-state index in [9.17, 15) is 0 Å². The molecule has 1 fully saturated rings. The standard InChI is InChI=1S/C22H32N4O/c1-26(17-21-13-8-14-27-21)16-19-10-7-6-9-18(19)15-24-22(23)25-20-11-4-2-3-5-12-20/h6-10,13-14,20H,2-5,11-12,15-17H2,1H3,(H3,23,24,25). The van der Waals surface area contributed by atoms with Gasteiger partial charge in [0, 0.05) is 12.6 Å². The zero-order chi connectivity index (χ0) is 18.9. The lowest BCUT2D eigenvalue weighted by Gasteiger charge is -2.18. The van der Waals surface area contributed by atoms with E-state index in [0.717, 1.165) is 18.8 Å². The first-order valence-corrected chi connectivity index (χ1v) is 10.0. The number of hydrogen-bond donors (Lipinski definition) is 2. The summed E-state index contributed by atoms with van der Waals surface area (Å²) in [6.45, 7) is 2.24. The van der Waals surface area contributed by atoms with Crippen LogP contribution in [-0.4, -0.2) is 23.9 Å². The van der Waals surface area contributed by atoms with Crippen LogP contribution in [0.2, 0.25) is 0 Å². The van der Waals surface area contributed by atoms with E-state index < -0.39 is 0 Å². The number of nitrogens with zero attached hydrogens (tertiary/aromatic N) is 2. The molecule has 3 N–H and O–H groups in total. The summed E-state index contributed by atoms with van der Waals surface area (Å²) in [5.74, 6) is 1.55. The summed E-state index contributed by atoms with van der Waals surface area (Å²) in [4.78, 5) is 6.85. The highest BCUT2D eigenvalue weighted by molar-refractivity contribution is 5.78. The van der Waals surface area contributed by atoms with E-state index >= 15 is 0 Å². The Hall–Kier alpha value is -2.27. The predicted molar refractivity (Wildman–Crippen MR) is 110 cm³/mol. The molecule has 1 aliphatic carbocycles. The van der Waals surface area contributed by atoms with Crippen LogP contribution in [0.3, 0.4) is 0 Å². The molecule has 1 aromatic carbocycles. The minimum absolute atomic E-state index is 0.478. The Kier molecular flexibility index (Phi) is 7.34. The van der Waals surface area contributed by atoms with E-state index in [-0.39, 0.29) is 0 Å². The van der Waals surface area contributed by atoms with Gasteiger partial charge in [0.15, 0.2) is 5.96 Å². The molecule has 27 heavy (non-hydrogen) atoms. The van der Waals surface area contributed by atoms with Crippen LogP contribution < -0.4 is 11.1 Å². The minimum Gasteiger partial charge on any atom is -0.468 e. The molecular formula is C22H32N4O. The number of benzene rings is 1. The van der Waals surface area contributed by atoms with Crippen molar-refractivity contribution in [2.75, 3.05) is 7.05 Å². The van der Waals surface area contributed by atoms with Gasteiger partial charge >= 0.3 is 0 Å². The van der Waals surface area contributed by atoms with Gasteiger partial charge in [-0.1, -0.05) is 49.9 Å². The highest BCUT2D eigenvalue weighted by atomic mass is 16.3. The molecule has 1 heterocycles. The van der Waals surface area contributed by atoms with Crippen molar-refractivity contribution in [2.24, 2.45) is 10.7 Å². The van der Waals surface area contributed by atoms with Gasteiger partial charge in [-0.05, 0) is 43.1 Å². The van der Waals surface area contributed by atoms with Crippen LogP contribution in [0.1, 0.15) is 55.4 Å². The summed E-state index contributed by atoms with van der Waals surface area (Å²) in [5, 5.41) is 3.42. The van der Waals surface area contributed by atoms with E-state index in [1.54, 1.807) is 6.26 Å². The Bertz CT molecular complexity index is 703. The summed E-state index contributed by atoms with van der Waals surface area (Å²) in [5.41, 5.74) is 8.65. The maximum atomic E-state index is 6.16. The number of nitrogens with two attached hydrogens (primary N) is 1. The first-order valence-electron chi connectivity index (χ1n) is 10.0. The smallest absolute Gasteiger partial charge is 0.189 e. The Labute approximate surface area is 162 Å². The summed E-state index contributed by atoms with van der Waals surface area (Å²) in [7, 11) is 2.10. The van der Waals surface area contributed by atoms with Gasteiger partial charge in [0.25, 0.3) is 0 Å². The van der Waals surface area contributed by atoms with Crippen LogP contribution in [0, 0.1) is 0 Å². The molecule has 0 atom stereocenters. The summed E-state index contributed by atoms with van der Waals surface area (Å²) < 4.78 is 5.44. The lowest BCUT2D eigenvalue weighted by molar-refractivity contribution is 0.287. The fourth-order valence-electron chi connectivity index (χ4n) is 3.73. The fourth-order valence-corrected chi connectivity index (χ4v) is 3.73. The number of rotatable bonds is 7.